The van der Waals surface area contributed by atoms with Gasteiger partial charge in [-0.3, -0.25) is 0 Å². The molecular formula is C16H33N. The van der Waals surface area contributed by atoms with E-state index in [1.807, 2.05) is 0 Å². The SMILES string of the molecule is CCCCCCCCCCNC(C)CC1CC1. The predicted octanol–water partition coefficient (Wildman–Crippen LogP) is 4.91. The first-order valence-electron chi connectivity index (χ1n) is 8.06. The van der Waals surface area contributed by atoms with Crippen LogP contribution in [0.4, 0.5) is 0 Å². The van der Waals surface area contributed by atoms with E-state index in [0.29, 0.717) is 0 Å². The molecule has 1 unspecified atom stereocenters. The second kappa shape index (κ2) is 9.94. The molecule has 0 saturated heterocycles. The fraction of sp³-hybridized carbons (Fsp3) is 1.00. The lowest BCUT2D eigenvalue weighted by atomic mass is 10.1. The Balaban J connectivity index is 1.71. The largest absolute Gasteiger partial charge is 0.314 e. The lowest BCUT2D eigenvalue weighted by Crippen LogP contribution is -2.27. The van der Waals surface area contributed by atoms with Crippen LogP contribution >= 0.6 is 0 Å². The van der Waals surface area contributed by atoms with E-state index in [1.54, 1.807) is 0 Å². The van der Waals surface area contributed by atoms with Crippen LogP contribution in [0.15, 0.2) is 0 Å². The summed E-state index contributed by atoms with van der Waals surface area (Å²) in [7, 11) is 0. The number of hydrogen-bond acceptors (Lipinski definition) is 1. The van der Waals surface area contributed by atoms with Gasteiger partial charge < -0.3 is 5.32 Å². The molecule has 1 aliphatic carbocycles. The first kappa shape index (κ1) is 15.0. The molecule has 0 amide bonds. The van der Waals surface area contributed by atoms with Crippen molar-refractivity contribution in [2.24, 2.45) is 5.92 Å². The topological polar surface area (TPSA) is 12.0 Å². The van der Waals surface area contributed by atoms with Crippen LogP contribution in [0.3, 0.4) is 0 Å². The third-order valence-corrected chi connectivity index (χ3v) is 3.91. The Kier molecular flexibility index (Phi) is 8.78. The molecule has 0 radical (unpaired) electrons. The molecule has 0 aliphatic heterocycles. The van der Waals surface area contributed by atoms with Crippen molar-refractivity contribution in [3.63, 3.8) is 0 Å². The summed E-state index contributed by atoms with van der Waals surface area (Å²) in [6, 6.07) is 0.757. The van der Waals surface area contributed by atoms with Crippen LogP contribution in [0.1, 0.15) is 84.5 Å². The van der Waals surface area contributed by atoms with Crippen LogP contribution in [0.25, 0.3) is 0 Å². The highest BCUT2D eigenvalue weighted by atomic mass is 14.9. The smallest absolute Gasteiger partial charge is 0.00413 e. The minimum absolute atomic E-state index is 0.757. The molecule has 1 aliphatic rings. The third-order valence-electron chi connectivity index (χ3n) is 3.91. The summed E-state index contributed by atoms with van der Waals surface area (Å²) in [5.74, 6) is 1.07. The van der Waals surface area contributed by atoms with Gasteiger partial charge in [0.15, 0.2) is 0 Å². The Hall–Kier alpha value is -0.0400. The Bertz CT molecular complexity index is 163. The summed E-state index contributed by atoms with van der Waals surface area (Å²) >= 11 is 0. The summed E-state index contributed by atoms with van der Waals surface area (Å²) in [5, 5.41) is 3.67. The van der Waals surface area contributed by atoms with Gasteiger partial charge in [-0.05, 0) is 32.2 Å². The van der Waals surface area contributed by atoms with Gasteiger partial charge in [0.05, 0.1) is 0 Å². The van der Waals surface area contributed by atoms with Crippen molar-refractivity contribution < 1.29 is 0 Å². The minimum atomic E-state index is 0.757. The van der Waals surface area contributed by atoms with Gasteiger partial charge in [-0.1, -0.05) is 64.7 Å². The molecule has 1 rings (SSSR count). The van der Waals surface area contributed by atoms with Gasteiger partial charge in [-0.15, -0.1) is 0 Å². The first-order valence-corrected chi connectivity index (χ1v) is 8.06. The fourth-order valence-corrected chi connectivity index (χ4v) is 2.54. The maximum atomic E-state index is 3.67. The van der Waals surface area contributed by atoms with Gasteiger partial charge in [0.2, 0.25) is 0 Å². The second-order valence-corrected chi connectivity index (χ2v) is 6.01. The molecule has 0 heterocycles. The molecular weight excluding hydrogens is 206 g/mol. The first-order chi connectivity index (χ1) is 8.33. The van der Waals surface area contributed by atoms with Crippen LogP contribution in [0, 0.1) is 5.92 Å². The highest BCUT2D eigenvalue weighted by Crippen LogP contribution is 2.33. The standard InChI is InChI=1S/C16H33N/c1-3-4-5-6-7-8-9-10-13-17-15(2)14-16-11-12-16/h15-17H,3-14H2,1-2H3. The van der Waals surface area contributed by atoms with E-state index < -0.39 is 0 Å². The van der Waals surface area contributed by atoms with Gasteiger partial charge in [0.25, 0.3) is 0 Å². The van der Waals surface area contributed by atoms with Gasteiger partial charge in [0.1, 0.15) is 0 Å². The average molecular weight is 239 g/mol. The van der Waals surface area contributed by atoms with Crippen LogP contribution in [0.5, 0.6) is 0 Å². The van der Waals surface area contributed by atoms with E-state index in [0.717, 1.165) is 12.0 Å². The molecule has 1 heteroatoms. The van der Waals surface area contributed by atoms with Crippen LogP contribution in [0.2, 0.25) is 0 Å². The van der Waals surface area contributed by atoms with Crippen molar-refractivity contribution in [3.05, 3.63) is 0 Å². The molecule has 0 bridgehead atoms. The molecule has 17 heavy (non-hydrogen) atoms. The van der Waals surface area contributed by atoms with Crippen molar-refractivity contribution in [2.45, 2.75) is 90.5 Å². The summed E-state index contributed by atoms with van der Waals surface area (Å²) in [6.07, 6.45) is 15.8. The van der Waals surface area contributed by atoms with Gasteiger partial charge in [-0.25, -0.2) is 0 Å². The highest BCUT2D eigenvalue weighted by molar-refractivity contribution is 4.77. The summed E-state index contributed by atoms with van der Waals surface area (Å²) in [4.78, 5) is 0. The van der Waals surface area contributed by atoms with Crippen LogP contribution in [-0.2, 0) is 0 Å². The van der Waals surface area contributed by atoms with Crippen molar-refractivity contribution in [1.82, 2.24) is 5.32 Å². The highest BCUT2D eigenvalue weighted by Gasteiger charge is 2.22. The summed E-state index contributed by atoms with van der Waals surface area (Å²) in [5.41, 5.74) is 0. The van der Waals surface area contributed by atoms with E-state index >= 15 is 0 Å². The zero-order chi connectivity index (χ0) is 12.3. The summed E-state index contributed by atoms with van der Waals surface area (Å²) < 4.78 is 0. The van der Waals surface area contributed by atoms with E-state index in [9.17, 15) is 0 Å². The maximum absolute atomic E-state index is 3.67. The Morgan fingerprint density at radius 3 is 2.12 bits per heavy atom. The zero-order valence-corrected chi connectivity index (χ0v) is 12.1. The molecule has 102 valence electrons. The monoisotopic (exact) mass is 239 g/mol. The van der Waals surface area contributed by atoms with Crippen molar-refractivity contribution in [1.29, 1.82) is 0 Å². The average Bonchev–Trinajstić information content (AvgIpc) is 3.11. The van der Waals surface area contributed by atoms with E-state index in [2.05, 4.69) is 19.2 Å². The fourth-order valence-electron chi connectivity index (χ4n) is 2.54. The molecule has 0 aromatic rings. The quantitative estimate of drug-likeness (QED) is 0.477. The van der Waals surface area contributed by atoms with Crippen molar-refractivity contribution >= 4 is 0 Å². The Morgan fingerprint density at radius 2 is 1.53 bits per heavy atom. The summed E-state index contributed by atoms with van der Waals surface area (Å²) in [6.45, 7) is 5.88. The molecule has 0 aromatic heterocycles. The van der Waals surface area contributed by atoms with E-state index in [4.69, 9.17) is 0 Å². The lowest BCUT2D eigenvalue weighted by molar-refractivity contribution is 0.470. The molecule has 0 spiro atoms. The Morgan fingerprint density at radius 1 is 0.941 bits per heavy atom. The van der Waals surface area contributed by atoms with Crippen molar-refractivity contribution in [3.8, 4) is 0 Å². The predicted molar refractivity (Wildman–Crippen MR) is 77.4 cm³/mol. The molecule has 0 aromatic carbocycles. The number of nitrogens with one attached hydrogen (secondary N) is 1. The number of rotatable bonds is 12. The van der Waals surface area contributed by atoms with Gasteiger partial charge in [-0.2, -0.15) is 0 Å². The molecule has 1 nitrogen and oxygen atoms in total. The van der Waals surface area contributed by atoms with Crippen molar-refractivity contribution in [2.75, 3.05) is 6.54 Å². The number of unbranched alkanes of at least 4 members (excludes halogenated alkanes) is 7. The lowest BCUT2D eigenvalue weighted by Gasteiger charge is -2.12. The van der Waals surface area contributed by atoms with Crippen LogP contribution < -0.4 is 5.32 Å². The minimum Gasteiger partial charge on any atom is -0.314 e. The normalized spacial score (nSPS) is 17.3. The molecule has 1 fully saturated rings. The van der Waals surface area contributed by atoms with E-state index in [-0.39, 0.29) is 0 Å². The second-order valence-electron chi connectivity index (χ2n) is 6.01. The molecule has 1 atom stereocenters. The Labute approximate surface area is 109 Å². The number of hydrogen-bond donors (Lipinski definition) is 1. The maximum Gasteiger partial charge on any atom is 0.00413 e. The zero-order valence-electron chi connectivity index (χ0n) is 12.1. The van der Waals surface area contributed by atoms with Gasteiger partial charge in [0, 0.05) is 6.04 Å². The van der Waals surface area contributed by atoms with Gasteiger partial charge >= 0.3 is 0 Å². The van der Waals surface area contributed by atoms with Crippen LogP contribution in [-0.4, -0.2) is 12.6 Å². The third kappa shape index (κ3) is 9.64. The van der Waals surface area contributed by atoms with E-state index in [1.165, 1.54) is 77.2 Å². The molecule has 1 N–H and O–H groups in total. The molecule has 1 saturated carbocycles.